The van der Waals surface area contributed by atoms with Crippen molar-refractivity contribution in [3.8, 4) is 28.7 Å². The van der Waals surface area contributed by atoms with E-state index in [1.54, 1.807) is 43.9 Å². The molecular formula is C25H20FN5O4S. The molecule has 0 bridgehead atoms. The van der Waals surface area contributed by atoms with Gasteiger partial charge in [-0.05, 0) is 54.1 Å². The first kappa shape index (κ1) is 23.2. The van der Waals surface area contributed by atoms with Gasteiger partial charge in [0, 0.05) is 24.0 Å². The summed E-state index contributed by atoms with van der Waals surface area (Å²) in [5.74, 6) is 0.653. The molecule has 3 aromatic carbocycles. The molecule has 2 aromatic heterocycles. The smallest absolute Gasteiger partial charge is 0.278 e. The van der Waals surface area contributed by atoms with E-state index in [0.29, 0.717) is 23.8 Å². The van der Waals surface area contributed by atoms with Gasteiger partial charge >= 0.3 is 0 Å². The molecule has 9 nitrogen and oxygen atoms in total. The molecule has 0 aliphatic rings. The van der Waals surface area contributed by atoms with E-state index in [0.717, 1.165) is 22.9 Å². The second kappa shape index (κ2) is 9.62. The lowest BCUT2D eigenvalue weighted by Gasteiger charge is -2.10. The van der Waals surface area contributed by atoms with E-state index in [1.807, 2.05) is 28.8 Å². The Morgan fingerprint density at radius 1 is 1.03 bits per heavy atom. The molecule has 1 N–H and O–H groups in total. The first-order chi connectivity index (χ1) is 17.4. The number of rotatable bonds is 8. The number of methoxy groups -OCH3 is 1. The Balaban J connectivity index is 1.25. The van der Waals surface area contributed by atoms with Crippen LogP contribution in [0.2, 0.25) is 0 Å². The van der Waals surface area contributed by atoms with E-state index in [2.05, 4.69) is 19.8 Å². The maximum Gasteiger partial charge on any atom is 0.278 e. The number of ether oxygens (including phenoxy) is 1. The van der Waals surface area contributed by atoms with Gasteiger partial charge in [0.1, 0.15) is 22.2 Å². The van der Waals surface area contributed by atoms with Crippen molar-refractivity contribution in [2.75, 3.05) is 11.8 Å². The number of imidazole rings is 1. The fourth-order valence-corrected chi connectivity index (χ4v) is 4.64. The molecule has 0 saturated carbocycles. The van der Waals surface area contributed by atoms with Crippen molar-refractivity contribution in [1.29, 1.82) is 0 Å². The fourth-order valence-electron chi connectivity index (χ4n) is 3.50. The molecule has 0 amide bonds. The van der Waals surface area contributed by atoms with E-state index < -0.39 is 20.7 Å². The Morgan fingerprint density at radius 2 is 1.78 bits per heavy atom. The average molecular weight is 506 g/mol. The van der Waals surface area contributed by atoms with Gasteiger partial charge < -0.3 is 13.8 Å². The number of nitrogens with zero attached hydrogens (tertiary/aromatic N) is 4. The Hall–Kier alpha value is -4.51. The average Bonchev–Trinajstić information content (AvgIpc) is 3.55. The molecule has 0 spiro atoms. The van der Waals surface area contributed by atoms with Crippen molar-refractivity contribution in [2.24, 2.45) is 0 Å². The van der Waals surface area contributed by atoms with E-state index in [4.69, 9.17) is 9.26 Å². The van der Waals surface area contributed by atoms with Crippen molar-refractivity contribution in [1.82, 2.24) is 19.7 Å². The van der Waals surface area contributed by atoms with Crippen LogP contribution in [-0.2, 0) is 16.6 Å². The zero-order chi connectivity index (χ0) is 25.1. The maximum atomic E-state index is 13.9. The molecule has 5 aromatic rings. The molecule has 0 unspecified atom stereocenters. The molecule has 0 atom stereocenters. The summed E-state index contributed by atoms with van der Waals surface area (Å²) in [6.07, 6.45) is 3.42. The lowest BCUT2D eigenvalue weighted by atomic mass is 10.2. The fraction of sp³-hybridized carbons (Fsp3) is 0.0800. The standard InChI is InChI=1S/C25H20FN5O4S/c1-34-20-12-8-18(9-13-20)24-28-25(35-29-24)22-15-31(16-27-22)14-17-6-10-19(11-7-17)30-36(32,33)23-5-3-2-4-21(23)26/h2-13,15-16,30H,14H2,1H3. The minimum Gasteiger partial charge on any atom is -0.497 e. The minimum absolute atomic E-state index is 0.289. The van der Waals surface area contributed by atoms with Crippen molar-refractivity contribution in [3.05, 3.63) is 96.7 Å². The Morgan fingerprint density at radius 3 is 2.50 bits per heavy atom. The molecule has 182 valence electrons. The monoisotopic (exact) mass is 505 g/mol. The maximum absolute atomic E-state index is 13.9. The van der Waals surface area contributed by atoms with Crippen LogP contribution in [0.4, 0.5) is 10.1 Å². The van der Waals surface area contributed by atoms with Crippen LogP contribution in [0, 0.1) is 5.82 Å². The van der Waals surface area contributed by atoms with Crippen LogP contribution >= 0.6 is 0 Å². The summed E-state index contributed by atoms with van der Waals surface area (Å²) >= 11 is 0. The number of aromatic nitrogens is 4. The molecule has 11 heteroatoms. The van der Waals surface area contributed by atoms with Gasteiger partial charge in [0.15, 0.2) is 0 Å². The molecule has 2 heterocycles. The molecule has 0 aliphatic carbocycles. The summed E-state index contributed by atoms with van der Waals surface area (Å²) in [5.41, 5.74) is 2.54. The summed E-state index contributed by atoms with van der Waals surface area (Å²) < 4.78 is 53.6. The van der Waals surface area contributed by atoms with Crippen molar-refractivity contribution in [2.45, 2.75) is 11.4 Å². The van der Waals surface area contributed by atoms with E-state index >= 15 is 0 Å². The number of hydrogen-bond acceptors (Lipinski definition) is 7. The SMILES string of the molecule is COc1ccc(-c2noc(-c3cn(Cc4ccc(NS(=O)(=O)c5ccccc5F)cc4)cn3)n2)cc1. The lowest BCUT2D eigenvalue weighted by Crippen LogP contribution is -2.14. The zero-order valence-corrected chi connectivity index (χ0v) is 19.8. The molecule has 5 rings (SSSR count). The van der Waals surface area contributed by atoms with Crippen molar-refractivity contribution < 1.29 is 22.1 Å². The van der Waals surface area contributed by atoms with Gasteiger partial charge in [-0.15, -0.1) is 0 Å². The van der Waals surface area contributed by atoms with Gasteiger partial charge in [-0.1, -0.05) is 29.4 Å². The first-order valence-corrected chi connectivity index (χ1v) is 12.3. The summed E-state index contributed by atoms with van der Waals surface area (Å²) in [5, 5.41) is 4.02. The summed E-state index contributed by atoms with van der Waals surface area (Å²) in [6.45, 7) is 0.479. The quantitative estimate of drug-likeness (QED) is 0.328. The van der Waals surface area contributed by atoms with Crippen LogP contribution in [0.3, 0.4) is 0 Å². The van der Waals surface area contributed by atoms with E-state index in [-0.39, 0.29) is 5.89 Å². The number of anilines is 1. The second-order valence-corrected chi connectivity index (χ2v) is 9.47. The van der Waals surface area contributed by atoms with Crippen LogP contribution in [0.15, 0.2) is 94.7 Å². The third kappa shape index (κ3) is 4.96. The third-order valence-corrected chi connectivity index (χ3v) is 6.74. The predicted molar refractivity (Wildman–Crippen MR) is 130 cm³/mol. The highest BCUT2D eigenvalue weighted by Crippen LogP contribution is 2.24. The number of nitrogens with one attached hydrogen (secondary N) is 1. The summed E-state index contributed by atoms with van der Waals surface area (Å²) in [6, 6.07) is 19.3. The van der Waals surface area contributed by atoms with E-state index in [9.17, 15) is 12.8 Å². The highest BCUT2D eigenvalue weighted by molar-refractivity contribution is 7.92. The Labute approximate surface area is 206 Å². The van der Waals surface area contributed by atoms with Gasteiger partial charge in [-0.2, -0.15) is 4.98 Å². The number of benzene rings is 3. The second-order valence-electron chi connectivity index (χ2n) is 7.82. The number of sulfonamides is 1. The molecule has 0 fully saturated rings. The highest BCUT2D eigenvalue weighted by atomic mass is 32.2. The van der Waals surface area contributed by atoms with Crippen LogP contribution in [0.1, 0.15) is 5.56 Å². The van der Waals surface area contributed by atoms with Gasteiger partial charge in [0.2, 0.25) is 5.82 Å². The van der Waals surface area contributed by atoms with Gasteiger partial charge in [-0.25, -0.2) is 17.8 Å². The normalized spacial score (nSPS) is 11.4. The Bertz CT molecular complexity index is 1600. The molecule has 0 aliphatic heterocycles. The summed E-state index contributed by atoms with van der Waals surface area (Å²) in [4.78, 5) is 8.36. The minimum atomic E-state index is -4.03. The van der Waals surface area contributed by atoms with Crippen LogP contribution in [0.5, 0.6) is 5.75 Å². The summed E-state index contributed by atoms with van der Waals surface area (Å²) in [7, 11) is -2.44. The highest BCUT2D eigenvalue weighted by Gasteiger charge is 2.18. The Kier molecular flexibility index (Phi) is 6.21. The van der Waals surface area contributed by atoms with Crippen LogP contribution < -0.4 is 9.46 Å². The topological polar surface area (TPSA) is 112 Å². The van der Waals surface area contributed by atoms with Gasteiger partial charge in [0.25, 0.3) is 15.9 Å². The molecule has 0 saturated heterocycles. The lowest BCUT2D eigenvalue weighted by molar-refractivity contribution is 0.414. The van der Waals surface area contributed by atoms with Crippen molar-refractivity contribution in [3.63, 3.8) is 0 Å². The van der Waals surface area contributed by atoms with Crippen molar-refractivity contribution >= 4 is 15.7 Å². The van der Waals surface area contributed by atoms with Gasteiger partial charge in [-0.3, -0.25) is 4.72 Å². The van der Waals surface area contributed by atoms with Gasteiger partial charge in [0.05, 0.1) is 13.4 Å². The number of halogens is 1. The molecule has 0 radical (unpaired) electrons. The predicted octanol–water partition coefficient (Wildman–Crippen LogP) is 4.60. The number of hydrogen-bond donors (Lipinski definition) is 1. The van der Waals surface area contributed by atoms with E-state index in [1.165, 1.54) is 18.2 Å². The van der Waals surface area contributed by atoms with Crippen LogP contribution in [-0.4, -0.2) is 35.2 Å². The largest absolute Gasteiger partial charge is 0.497 e. The van der Waals surface area contributed by atoms with Crippen LogP contribution in [0.25, 0.3) is 23.0 Å². The third-order valence-electron chi connectivity index (χ3n) is 5.32. The molecular weight excluding hydrogens is 485 g/mol. The molecule has 36 heavy (non-hydrogen) atoms. The zero-order valence-electron chi connectivity index (χ0n) is 19.0. The first-order valence-electron chi connectivity index (χ1n) is 10.8.